The fourth-order valence-electron chi connectivity index (χ4n) is 3.55. The number of aliphatic hydroxyl groups is 1. The SMILES string of the molecule is COC(=O)c1sc(N2C(=O)C(=O)C(=C(O)c3ccccc3)[C@@H]2c2ccc(Cl)c(Cl)c2)nc1C. The summed E-state index contributed by atoms with van der Waals surface area (Å²) in [6.45, 7) is 1.60. The highest BCUT2D eigenvalue weighted by molar-refractivity contribution is 7.17. The minimum absolute atomic E-state index is 0.109. The molecule has 0 aliphatic carbocycles. The van der Waals surface area contributed by atoms with Gasteiger partial charge in [-0.2, -0.15) is 0 Å². The summed E-state index contributed by atoms with van der Waals surface area (Å²) in [6, 6.07) is 12.0. The number of nitrogens with zero attached hydrogens (tertiary/aromatic N) is 2. The molecule has 2 aromatic carbocycles. The van der Waals surface area contributed by atoms with Crippen molar-refractivity contribution < 1.29 is 24.2 Å². The monoisotopic (exact) mass is 502 g/mol. The topological polar surface area (TPSA) is 96.8 Å². The van der Waals surface area contributed by atoms with Crippen molar-refractivity contribution in [1.29, 1.82) is 0 Å². The highest BCUT2D eigenvalue weighted by atomic mass is 35.5. The summed E-state index contributed by atoms with van der Waals surface area (Å²) in [5.41, 5.74) is 1.02. The Hall–Kier alpha value is -3.20. The number of hydrogen-bond donors (Lipinski definition) is 1. The van der Waals surface area contributed by atoms with Crippen LogP contribution in [0, 0.1) is 6.92 Å². The summed E-state index contributed by atoms with van der Waals surface area (Å²) >= 11 is 13.2. The number of ether oxygens (including phenoxy) is 1. The van der Waals surface area contributed by atoms with Gasteiger partial charge < -0.3 is 9.84 Å². The number of carbonyl (C=O) groups excluding carboxylic acids is 3. The zero-order valence-electron chi connectivity index (χ0n) is 17.3. The van der Waals surface area contributed by atoms with Crippen molar-refractivity contribution in [3.8, 4) is 0 Å². The molecule has 0 radical (unpaired) electrons. The number of methoxy groups -OCH3 is 1. The lowest BCUT2D eigenvalue weighted by Gasteiger charge is -2.23. The highest BCUT2D eigenvalue weighted by Gasteiger charge is 2.48. The zero-order valence-corrected chi connectivity index (χ0v) is 19.7. The van der Waals surface area contributed by atoms with Crippen molar-refractivity contribution in [2.45, 2.75) is 13.0 Å². The van der Waals surface area contributed by atoms with Crippen LogP contribution in [0.3, 0.4) is 0 Å². The first-order chi connectivity index (χ1) is 15.7. The van der Waals surface area contributed by atoms with Crippen LogP contribution in [0.15, 0.2) is 54.1 Å². The van der Waals surface area contributed by atoms with E-state index in [1.165, 1.54) is 19.2 Å². The van der Waals surface area contributed by atoms with Crippen molar-refractivity contribution >= 4 is 63.1 Å². The van der Waals surface area contributed by atoms with E-state index in [0.29, 0.717) is 21.8 Å². The number of rotatable bonds is 4. The third-order valence-electron chi connectivity index (χ3n) is 5.11. The number of aryl methyl sites for hydroxylation is 1. The molecular formula is C23H16Cl2N2O5S. The summed E-state index contributed by atoms with van der Waals surface area (Å²) in [4.78, 5) is 44.1. The number of amides is 1. The van der Waals surface area contributed by atoms with Gasteiger partial charge in [0.1, 0.15) is 10.6 Å². The largest absolute Gasteiger partial charge is 0.507 e. The van der Waals surface area contributed by atoms with Crippen molar-refractivity contribution in [3.63, 3.8) is 0 Å². The van der Waals surface area contributed by atoms with Gasteiger partial charge in [-0.3, -0.25) is 14.5 Å². The van der Waals surface area contributed by atoms with Crippen molar-refractivity contribution in [1.82, 2.24) is 4.98 Å². The van der Waals surface area contributed by atoms with E-state index in [9.17, 15) is 19.5 Å². The molecule has 3 aromatic rings. The average Bonchev–Trinajstić information content (AvgIpc) is 3.32. The summed E-state index contributed by atoms with van der Waals surface area (Å²) in [5.74, 6) is -2.73. The Balaban J connectivity index is 1.96. The lowest BCUT2D eigenvalue weighted by molar-refractivity contribution is -0.132. The molecule has 33 heavy (non-hydrogen) atoms. The average molecular weight is 503 g/mol. The van der Waals surface area contributed by atoms with Crippen LogP contribution < -0.4 is 4.90 Å². The molecule has 0 saturated carbocycles. The number of aliphatic hydroxyl groups excluding tert-OH is 1. The molecule has 1 aliphatic heterocycles. The Kier molecular flexibility index (Phi) is 6.25. The fourth-order valence-corrected chi connectivity index (χ4v) is 4.86. The minimum Gasteiger partial charge on any atom is -0.507 e. The lowest BCUT2D eigenvalue weighted by atomic mass is 9.95. The molecule has 1 fully saturated rings. The fraction of sp³-hybridized carbons (Fsp3) is 0.130. The first-order valence-corrected chi connectivity index (χ1v) is 11.2. The van der Waals surface area contributed by atoms with E-state index in [0.717, 1.165) is 16.2 Å². The van der Waals surface area contributed by atoms with Crippen molar-refractivity contribution in [2.75, 3.05) is 12.0 Å². The summed E-state index contributed by atoms with van der Waals surface area (Å²) in [6.07, 6.45) is 0. The smallest absolute Gasteiger partial charge is 0.350 e. The maximum atomic E-state index is 13.2. The van der Waals surface area contributed by atoms with Gasteiger partial charge in [0.05, 0.1) is 34.5 Å². The Morgan fingerprint density at radius 2 is 1.82 bits per heavy atom. The van der Waals surface area contributed by atoms with Gasteiger partial charge in [0.15, 0.2) is 5.13 Å². The number of halogens is 2. The van der Waals surface area contributed by atoms with Crippen LogP contribution in [0.4, 0.5) is 5.13 Å². The van der Waals surface area contributed by atoms with E-state index in [1.807, 2.05) is 0 Å². The number of anilines is 1. The second-order valence-corrected chi connectivity index (χ2v) is 8.90. The molecule has 0 bridgehead atoms. The summed E-state index contributed by atoms with van der Waals surface area (Å²) in [7, 11) is 1.24. The zero-order chi connectivity index (χ0) is 23.9. The Morgan fingerprint density at radius 1 is 1.12 bits per heavy atom. The molecule has 1 saturated heterocycles. The van der Waals surface area contributed by atoms with Crippen LogP contribution in [-0.2, 0) is 14.3 Å². The van der Waals surface area contributed by atoms with Gasteiger partial charge >= 0.3 is 11.9 Å². The Morgan fingerprint density at radius 3 is 2.45 bits per heavy atom. The second-order valence-electron chi connectivity index (χ2n) is 7.11. The third kappa shape index (κ3) is 4.01. The Labute approximate surface area is 202 Å². The third-order valence-corrected chi connectivity index (χ3v) is 6.99. The molecule has 0 unspecified atom stereocenters. The van der Waals surface area contributed by atoms with Crippen LogP contribution in [-0.4, -0.2) is 34.9 Å². The quantitative estimate of drug-likeness (QED) is 0.228. The molecule has 1 atom stereocenters. The van der Waals surface area contributed by atoms with Crippen molar-refractivity contribution in [2.24, 2.45) is 0 Å². The minimum atomic E-state index is -1.05. The predicted octanol–water partition coefficient (Wildman–Crippen LogP) is 5.17. The number of esters is 1. The summed E-state index contributed by atoms with van der Waals surface area (Å²) < 4.78 is 4.78. The highest BCUT2D eigenvalue weighted by Crippen LogP contribution is 2.44. The van der Waals surface area contributed by atoms with E-state index >= 15 is 0 Å². The number of hydrogen-bond acceptors (Lipinski definition) is 7. The standard InChI is InChI=1S/C23H16Cl2N2O5S/c1-11-20(22(31)32-2)33-23(26-11)27-17(13-8-9-14(24)15(25)10-13)16(19(29)21(27)30)18(28)12-6-4-3-5-7-12/h3-10,17,28H,1-2H3/t17-/m0/s1. The second kappa shape index (κ2) is 8.97. The molecular weight excluding hydrogens is 487 g/mol. The maximum absolute atomic E-state index is 13.2. The number of carbonyl (C=O) groups is 3. The predicted molar refractivity (Wildman–Crippen MR) is 126 cm³/mol. The molecule has 1 amide bonds. The number of Topliss-reactive ketones (excluding diaryl/α,β-unsaturated/α-hetero) is 1. The van der Waals surface area contributed by atoms with E-state index in [2.05, 4.69) is 4.98 Å². The molecule has 10 heteroatoms. The molecule has 1 N–H and O–H groups in total. The molecule has 0 spiro atoms. The molecule has 1 aromatic heterocycles. The molecule has 4 rings (SSSR count). The van der Waals surface area contributed by atoms with Gasteiger partial charge in [-0.25, -0.2) is 9.78 Å². The molecule has 168 valence electrons. The molecule has 2 heterocycles. The van der Waals surface area contributed by atoms with E-state index < -0.39 is 23.7 Å². The molecule has 7 nitrogen and oxygen atoms in total. The normalized spacial score (nSPS) is 17.5. The van der Waals surface area contributed by atoms with E-state index in [-0.39, 0.29) is 26.4 Å². The van der Waals surface area contributed by atoms with Gasteiger partial charge in [-0.1, -0.05) is 70.9 Å². The van der Waals surface area contributed by atoms with Crippen LogP contribution >= 0.6 is 34.5 Å². The van der Waals surface area contributed by atoms with Crippen LogP contribution in [0.2, 0.25) is 10.0 Å². The van der Waals surface area contributed by atoms with Crippen LogP contribution in [0.1, 0.15) is 32.5 Å². The van der Waals surface area contributed by atoms with Gasteiger partial charge in [0.25, 0.3) is 5.78 Å². The number of ketones is 1. The summed E-state index contributed by atoms with van der Waals surface area (Å²) in [5, 5.41) is 11.7. The van der Waals surface area contributed by atoms with Gasteiger partial charge in [0.2, 0.25) is 0 Å². The number of benzene rings is 2. The first kappa shape index (κ1) is 23.0. The van der Waals surface area contributed by atoms with Crippen LogP contribution in [0.25, 0.3) is 5.76 Å². The first-order valence-electron chi connectivity index (χ1n) is 9.61. The number of thiazole rings is 1. The van der Waals surface area contributed by atoms with Gasteiger partial charge in [-0.15, -0.1) is 0 Å². The Bertz CT molecular complexity index is 1320. The lowest BCUT2D eigenvalue weighted by Crippen LogP contribution is -2.29. The van der Waals surface area contributed by atoms with Crippen molar-refractivity contribution in [3.05, 3.63) is 85.8 Å². The maximum Gasteiger partial charge on any atom is 0.350 e. The number of aromatic nitrogens is 1. The molecule has 1 aliphatic rings. The van der Waals surface area contributed by atoms with E-state index in [4.69, 9.17) is 27.9 Å². The van der Waals surface area contributed by atoms with Crippen LogP contribution in [0.5, 0.6) is 0 Å². The van der Waals surface area contributed by atoms with E-state index in [1.54, 1.807) is 43.3 Å². The van der Waals surface area contributed by atoms with Gasteiger partial charge in [-0.05, 0) is 24.6 Å². The van der Waals surface area contributed by atoms with Gasteiger partial charge in [0, 0.05) is 5.56 Å².